The number of hydrogen-bond acceptors (Lipinski definition) is 2. The average Bonchev–Trinajstić information content (AvgIpc) is 3.16. The van der Waals surface area contributed by atoms with Crippen molar-refractivity contribution in [1.29, 1.82) is 0 Å². The fraction of sp³-hybridized carbons (Fsp3) is 0.708. The fourth-order valence-electron chi connectivity index (χ4n) is 8.81. The molecule has 2 amide bonds. The summed E-state index contributed by atoms with van der Waals surface area (Å²) in [6.45, 7) is 6.86. The molecule has 150 valence electrons. The molecule has 3 N–H and O–H groups in total. The molecule has 5 saturated carbocycles. The topological polar surface area (TPSA) is 61.4 Å². The maximum atomic E-state index is 12.8. The summed E-state index contributed by atoms with van der Waals surface area (Å²) in [4.78, 5) is 12.8. The van der Waals surface area contributed by atoms with Crippen molar-refractivity contribution >= 4 is 6.03 Å². The van der Waals surface area contributed by atoms with E-state index in [0.29, 0.717) is 18.4 Å². The van der Waals surface area contributed by atoms with Gasteiger partial charge in [-0.05, 0) is 71.2 Å². The van der Waals surface area contributed by atoms with E-state index >= 15 is 0 Å². The first kappa shape index (κ1) is 17.3. The van der Waals surface area contributed by atoms with Gasteiger partial charge in [-0.3, -0.25) is 0 Å². The Hall–Kier alpha value is -1.55. The molecular weight excluding hydrogens is 348 g/mol. The van der Waals surface area contributed by atoms with Gasteiger partial charge in [-0.15, -0.1) is 0 Å². The lowest BCUT2D eigenvalue weighted by Gasteiger charge is -2.51. The Kier molecular flexibility index (Phi) is 3.29. The molecule has 5 fully saturated rings. The Balaban J connectivity index is 1.16. The van der Waals surface area contributed by atoms with Crippen molar-refractivity contribution < 1.29 is 9.90 Å². The number of hydrogen-bond donors (Lipinski definition) is 3. The van der Waals surface area contributed by atoms with Crippen molar-refractivity contribution in [2.75, 3.05) is 6.54 Å². The first-order valence-corrected chi connectivity index (χ1v) is 11.1. The number of benzene rings is 1. The number of amides is 2. The lowest BCUT2D eigenvalue weighted by atomic mass is 9.56. The Morgan fingerprint density at radius 2 is 1.75 bits per heavy atom. The van der Waals surface area contributed by atoms with E-state index in [4.69, 9.17) is 0 Å². The molecular formula is C24H32N2O2. The number of rotatable bonds is 4. The van der Waals surface area contributed by atoms with Gasteiger partial charge >= 0.3 is 6.03 Å². The molecule has 10 atom stereocenters. The zero-order chi connectivity index (χ0) is 19.4. The zero-order valence-electron chi connectivity index (χ0n) is 17.1. The molecule has 5 aliphatic carbocycles. The second-order valence-corrected chi connectivity index (χ2v) is 11.4. The lowest BCUT2D eigenvalue weighted by molar-refractivity contribution is -0.126. The Morgan fingerprint density at radius 1 is 1.07 bits per heavy atom. The summed E-state index contributed by atoms with van der Waals surface area (Å²) < 4.78 is 0. The largest absolute Gasteiger partial charge is 0.387 e. The first-order chi connectivity index (χ1) is 13.3. The van der Waals surface area contributed by atoms with Crippen LogP contribution in [0.4, 0.5) is 4.79 Å². The maximum absolute atomic E-state index is 12.8. The molecule has 0 spiro atoms. The number of carbonyl (C=O) groups excluding carboxylic acids is 1. The molecule has 28 heavy (non-hydrogen) atoms. The van der Waals surface area contributed by atoms with Crippen molar-refractivity contribution in [1.82, 2.24) is 10.6 Å². The van der Waals surface area contributed by atoms with E-state index in [2.05, 4.69) is 43.5 Å². The summed E-state index contributed by atoms with van der Waals surface area (Å²) in [6, 6.07) is 9.94. The molecule has 4 heteroatoms. The third-order valence-corrected chi connectivity index (χ3v) is 9.33. The predicted octanol–water partition coefficient (Wildman–Crippen LogP) is 3.58. The Labute approximate surface area is 167 Å². The van der Waals surface area contributed by atoms with Gasteiger partial charge in [-0.1, -0.05) is 51.1 Å². The highest BCUT2D eigenvalue weighted by Crippen LogP contribution is 2.85. The van der Waals surface area contributed by atoms with Gasteiger partial charge in [0, 0.05) is 6.54 Å². The van der Waals surface area contributed by atoms with Gasteiger partial charge in [0.25, 0.3) is 0 Å². The molecule has 5 aliphatic rings. The van der Waals surface area contributed by atoms with Crippen molar-refractivity contribution in [3.63, 3.8) is 0 Å². The normalized spacial score (nSPS) is 47.3. The first-order valence-electron chi connectivity index (χ1n) is 11.1. The maximum Gasteiger partial charge on any atom is 0.315 e. The van der Waals surface area contributed by atoms with E-state index in [1.165, 1.54) is 12.8 Å². The predicted molar refractivity (Wildman–Crippen MR) is 107 cm³/mol. The molecule has 10 unspecified atom stereocenters. The summed E-state index contributed by atoms with van der Waals surface area (Å²) in [6.07, 6.45) is 2.71. The molecule has 0 radical (unpaired) electrons. The molecule has 1 aromatic rings. The SMILES string of the molecule is CC(C)(C)C(NC(=O)NCC1(O)C2C3CC4C5C3CC2C5C41)c1ccccc1. The minimum Gasteiger partial charge on any atom is -0.387 e. The van der Waals surface area contributed by atoms with Crippen LogP contribution in [0.15, 0.2) is 30.3 Å². The van der Waals surface area contributed by atoms with Crippen LogP contribution >= 0.6 is 0 Å². The summed E-state index contributed by atoms with van der Waals surface area (Å²) in [5, 5.41) is 18.0. The fourth-order valence-corrected chi connectivity index (χ4v) is 8.81. The molecule has 6 rings (SSSR count). The van der Waals surface area contributed by atoms with Crippen LogP contribution < -0.4 is 10.6 Å². The van der Waals surface area contributed by atoms with Gasteiger partial charge in [0.1, 0.15) is 0 Å². The smallest absolute Gasteiger partial charge is 0.315 e. The van der Waals surface area contributed by atoms with Gasteiger partial charge in [0.05, 0.1) is 11.6 Å². The Morgan fingerprint density at radius 3 is 2.46 bits per heavy atom. The molecule has 1 aromatic carbocycles. The third-order valence-electron chi connectivity index (χ3n) is 9.33. The van der Waals surface area contributed by atoms with Crippen LogP contribution in [0, 0.1) is 52.8 Å². The summed E-state index contributed by atoms with van der Waals surface area (Å²) >= 11 is 0. The minimum atomic E-state index is -0.661. The lowest BCUT2D eigenvalue weighted by Crippen LogP contribution is -2.60. The van der Waals surface area contributed by atoms with Gasteiger partial charge in [-0.25, -0.2) is 4.79 Å². The van der Waals surface area contributed by atoms with Crippen molar-refractivity contribution in [2.45, 2.75) is 45.3 Å². The monoisotopic (exact) mass is 380 g/mol. The van der Waals surface area contributed by atoms with Crippen molar-refractivity contribution in [3.05, 3.63) is 35.9 Å². The molecule has 0 aromatic heterocycles. The van der Waals surface area contributed by atoms with E-state index < -0.39 is 5.60 Å². The van der Waals surface area contributed by atoms with Crippen LogP contribution in [-0.4, -0.2) is 23.3 Å². The van der Waals surface area contributed by atoms with Crippen LogP contribution in [0.2, 0.25) is 0 Å². The highest BCUT2D eigenvalue weighted by atomic mass is 16.3. The molecule has 2 bridgehead atoms. The number of fused-ring (bicyclic) bond motifs is 2. The zero-order valence-corrected chi connectivity index (χ0v) is 17.1. The number of aliphatic hydroxyl groups is 1. The highest BCUT2D eigenvalue weighted by Gasteiger charge is 2.84. The van der Waals surface area contributed by atoms with Gasteiger partial charge in [0.15, 0.2) is 0 Å². The molecule has 0 heterocycles. The molecule has 0 saturated heterocycles. The van der Waals surface area contributed by atoms with Crippen molar-refractivity contribution in [2.24, 2.45) is 52.8 Å². The summed E-state index contributed by atoms with van der Waals surface area (Å²) in [5.41, 5.74) is 0.361. The number of nitrogens with one attached hydrogen (secondary N) is 2. The van der Waals surface area contributed by atoms with E-state index in [1.807, 2.05) is 18.2 Å². The summed E-state index contributed by atoms with van der Waals surface area (Å²) in [7, 11) is 0. The summed E-state index contributed by atoms with van der Waals surface area (Å²) in [5.74, 6) is 5.68. The number of carbonyl (C=O) groups is 1. The third kappa shape index (κ3) is 1.98. The molecule has 0 aliphatic heterocycles. The Bertz CT molecular complexity index is 812. The second kappa shape index (κ2) is 5.33. The van der Waals surface area contributed by atoms with Gasteiger partial charge < -0.3 is 15.7 Å². The molecule has 4 nitrogen and oxygen atoms in total. The van der Waals surface area contributed by atoms with Crippen LogP contribution in [-0.2, 0) is 0 Å². The van der Waals surface area contributed by atoms with Crippen LogP contribution in [0.1, 0.15) is 45.2 Å². The van der Waals surface area contributed by atoms with E-state index in [-0.39, 0.29) is 17.5 Å². The second-order valence-electron chi connectivity index (χ2n) is 11.4. The van der Waals surface area contributed by atoms with Gasteiger partial charge in [0.2, 0.25) is 0 Å². The van der Waals surface area contributed by atoms with E-state index in [9.17, 15) is 9.90 Å². The van der Waals surface area contributed by atoms with Crippen LogP contribution in [0.5, 0.6) is 0 Å². The van der Waals surface area contributed by atoms with Crippen LogP contribution in [0.25, 0.3) is 0 Å². The van der Waals surface area contributed by atoms with E-state index in [1.54, 1.807) is 0 Å². The average molecular weight is 381 g/mol. The van der Waals surface area contributed by atoms with Gasteiger partial charge in [-0.2, -0.15) is 0 Å². The van der Waals surface area contributed by atoms with Crippen LogP contribution in [0.3, 0.4) is 0 Å². The standard InChI is InChI=1S/C24H32N2O2/c1-23(2,3)21(12-7-5-4-6-8-12)26-22(27)25-11-24(28)19-14-10-15-17-13(14)9-16(19)18(17)20(15)24/h4-8,13-21,28H,9-11H2,1-3H3,(H2,25,26,27). The van der Waals surface area contributed by atoms with Crippen molar-refractivity contribution in [3.8, 4) is 0 Å². The van der Waals surface area contributed by atoms with E-state index in [0.717, 1.165) is 41.1 Å². The minimum absolute atomic E-state index is 0.0690. The quantitative estimate of drug-likeness (QED) is 0.748. The number of urea groups is 1. The highest BCUT2D eigenvalue weighted by molar-refractivity contribution is 5.74.